The van der Waals surface area contributed by atoms with Crippen LogP contribution >= 0.6 is 0 Å². The van der Waals surface area contributed by atoms with E-state index >= 15 is 0 Å². The second kappa shape index (κ2) is 26.7. The quantitative estimate of drug-likeness (QED) is 0.0777. The molecule has 0 spiro atoms. The van der Waals surface area contributed by atoms with Gasteiger partial charge in [0.1, 0.15) is 0 Å². The fraction of sp³-hybridized carbons (Fsp3) is 0.920. The summed E-state index contributed by atoms with van der Waals surface area (Å²) in [6.45, 7) is 4.23. The summed E-state index contributed by atoms with van der Waals surface area (Å²) in [7, 11) is 0. The monoisotopic (exact) mass is 510 g/mol. The smallest absolute Gasteiger partial charge is 0.364 e. The summed E-state index contributed by atoms with van der Waals surface area (Å²) in [4.78, 5) is 20.4. The second-order valence-corrected chi connectivity index (χ2v) is 8.67. The third-order valence-corrected chi connectivity index (χ3v) is 5.47. The Bertz CT molecular complexity index is 415. The Kier molecular flexibility index (Phi) is 30.1. The fourth-order valence-corrected chi connectivity index (χ4v) is 3.38. The number of hydrogen-bond acceptors (Lipinski definition) is 4. The van der Waals surface area contributed by atoms with Crippen molar-refractivity contribution < 1.29 is 49.5 Å². The Hall–Kier alpha value is -0.517. The van der Waals surface area contributed by atoms with Crippen molar-refractivity contribution in [3.8, 4) is 0 Å². The van der Waals surface area contributed by atoms with Gasteiger partial charge < -0.3 is 20.4 Å². The Morgan fingerprint density at radius 1 is 0.562 bits per heavy atom. The summed E-state index contributed by atoms with van der Waals surface area (Å²) in [5.41, 5.74) is 0. The summed E-state index contributed by atoms with van der Waals surface area (Å²) in [6, 6.07) is 0. The van der Waals surface area contributed by atoms with Gasteiger partial charge in [0.15, 0.2) is 0 Å². The summed E-state index contributed by atoms with van der Waals surface area (Å²) in [5, 5.41) is 34.3. The Balaban J connectivity index is -0.000000597. The first-order valence-corrected chi connectivity index (χ1v) is 12.7. The van der Waals surface area contributed by atoms with Crippen molar-refractivity contribution >= 4 is 11.9 Å². The van der Waals surface area contributed by atoms with Crippen molar-refractivity contribution in [2.24, 2.45) is 0 Å². The minimum absolute atomic E-state index is 0. The molecule has 6 nitrogen and oxygen atoms in total. The maximum atomic E-state index is 10.3. The van der Waals surface area contributed by atoms with Crippen LogP contribution in [0.1, 0.15) is 142 Å². The standard InChI is InChI=1S/C18H36O2.C7H14O4.Zn/c1-2-3-4-5-6-7-8-9-10-11-12-13-14-15-16-17-18(19)20;1-2-3-4-5-7(10,11)6(8)9;/h2-17H2,1H3,(H,19,20);10-11H,2-5H2,1H3,(H,8,9);. The summed E-state index contributed by atoms with van der Waals surface area (Å²) in [5.74, 6) is -4.76. The van der Waals surface area contributed by atoms with E-state index in [1.165, 1.54) is 83.5 Å². The van der Waals surface area contributed by atoms with Gasteiger partial charge in [0.2, 0.25) is 0 Å². The van der Waals surface area contributed by atoms with Gasteiger partial charge in [-0.1, -0.05) is 117 Å². The molecule has 0 heterocycles. The zero-order chi connectivity index (χ0) is 23.8. The van der Waals surface area contributed by atoms with E-state index in [0.29, 0.717) is 12.8 Å². The third-order valence-electron chi connectivity index (χ3n) is 5.47. The van der Waals surface area contributed by atoms with Gasteiger partial charge in [-0.25, -0.2) is 4.79 Å². The van der Waals surface area contributed by atoms with Gasteiger partial charge in [0, 0.05) is 32.3 Å². The summed E-state index contributed by atoms with van der Waals surface area (Å²) in [6.07, 6.45) is 22.4. The van der Waals surface area contributed by atoms with Crippen LogP contribution < -0.4 is 0 Å². The molecule has 0 aromatic carbocycles. The molecular weight excluding hydrogens is 462 g/mol. The Morgan fingerprint density at radius 2 is 0.875 bits per heavy atom. The van der Waals surface area contributed by atoms with Gasteiger partial charge >= 0.3 is 11.9 Å². The van der Waals surface area contributed by atoms with Gasteiger partial charge in [-0.15, -0.1) is 0 Å². The first-order valence-electron chi connectivity index (χ1n) is 12.7. The van der Waals surface area contributed by atoms with Crippen molar-refractivity contribution in [3.05, 3.63) is 0 Å². The maximum absolute atomic E-state index is 10.3. The van der Waals surface area contributed by atoms with Crippen LogP contribution in [0.5, 0.6) is 0 Å². The van der Waals surface area contributed by atoms with E-state index in [-0.39, 0.29) is 25.9 Å². The van der Waals surface area contributed by atoms with Crippen LogP contribution in [0.2, 0.25) is 0 Å². The molecule has 0 aromatic rings. The van der Waals surface area contributed by atoms with E-state index < -0.39 is 17.7 Å². The zero-order valence-electron chi connectivity index (χ0n) is 21.0. The van der Waals surface area contributed by atoms with Gasteiger partial charge in [-0.05, 0) is 12.8 Å². The molecule has 0 aromatic heterocycles. The predicted molar refractivity (Wildman–Crippen MR) is 126 cm³/mol. The van der Waals surface area contributed by atoms with Crippen LogP contribution in [0.25, 0.3) is 0 Å². The molecule has 0 rings (SSSR count). The van der Waals surface area contributed by atoms with Crippen molar-refractivity contribution in [2.45, 2.75) is 148 Å². The average molecular weight is 512 g/mol. The molecule has 188 valence electrons. The molecule has 0 radical (unpaired) electrons. The van der Waals surface area contributed by atoms with Crippen molar-refractivity contribution in [3.63, 3.8) is 0 Å². The molecule has 0 aliphatic heterocycles. The molecule has 4 N–H and O–H groups in total. The van der Waals surface area contributed by atoms with E-state index in [4.69, 9.17) is 20.4 Å². The van der Waals surface area contributed by atoms with Crippen molar-refractivity contribution in [2.75, 3.05) is 0 Å². The maximum Gasteiger partial charge on any atom is 0.364 e. The van der Waals surface area contributed by atoms with Gasteiger partial charge in [0.25, 0.3) is 5.79 Å². The molecule has 0 aliphatic rings. The number of aliphatic hydroxyl groups is 2. The number of aliphatic carboxylic acids is 2. The van der Waals surface area contributed by atoms with Crippen LogP contribution in [0.15, 0.2) is 0 Å². The summed E-state index contributed by atoms with van der Waals surface area (Å²) < 4.78 is 0. The predicted octanol–water partition coefficient (Wildman–Crippen LogP) is 6.66. The van der Waals surface area contributed by atoms with Crippen LogP contribution in [-0.4, -0.2) is 38.2 Å². The van der Waals surface area contributed by atoms with E-state index in [0.717, 1.165) is 25.7 Å². The Labute approximate surface area is 209 Å². The molecule has 0 saturated carbocycles. The van der Waals surface area contributed by atoms with E-state index in [2.05, 4.69) is 6.92 Å². The SMILES string of the molecule is CCCCCC(O)(O)C(=O)O.CCCCCCCCCCCCCCCCCC(=O)O.[Zn]. The first-order chi connectivity index (χ1) is 14.8. The molecular formula is C25H50O6Zn. The number of carboxylic acid groups (broad SMARTS) is 2. The minimum atomic E-state index is -2.53. The summed E-state index contributed by atoms with van der Waals surface area (Å²) >= 11 is 0. The molecule has 0 fully saturated rings. The van der Waals surface area contributed by atoms with Crippen molar-refractivity contribution in [1.82, 2.24) is 0 Å². The van der Waals surface area contributed by atoms with Gasteiger partial charge in [-0.3, -0.25) is 4.79 Å². The molecule has 0 atom stereocenters. The largest absolute Gasteiger partial charge is 0.481 e. The van der Waals surface area contributed by atoms with Crippen LogP contribution in [0.3, 0.4) is 0 Å². The molecule has 0 aliphatic carbocycles. The number of carbonyl (C=O) groups is 2. The van der Waals surface area contributed by atoms with Gasteiger partial charge in [0.05, 0.1) is 0 Å². The van der Waals surface area contributed by atoms with Crippen LogP contribution in [0, 0.1) is 0 Å². The number of rotatable bonds is 21. The van der Waals surface area contributed by atoms with Crippen molar-refractivity contribution in [1.29, 1.82) is 0 Å². The molecule has 32 heavy (non-hydrogen) atoms. The second-order valence-electron chi connectivity index (χ2n) is 8.67. The molecule has 7 heteroatoms. The number of hydrogen-bond donors (Lipinski definition) is 4. The van der Waals surface area contributed by atoms with Crippen LogP contribution in [0.4, 0.5) is 0 Å². The van der Waals surface area contributed by atoms with E-state index in [1.807, 2.05) is 6.92 Å². The molecule has 0 saturated heterocycles. The zero-order valence-corrected chi connectivity index (χ0v) is 23.9. The topological polar surface area (TPSA) is 115 Å². The first kappa shape index (κ1) is 36.1. The van der Waals surface area contributed by atoms with Gasteiger partial charge in [-0.2, -0.15) is 0 Å². The fourth-order valence-electron chi connectivity index (χ4n) is 3.38. The Morgan fingerprint density at radius 3 is 1.19 bits per heavy atom. The normalized spacial score (nSPS) is 10.8. The molecule has 0 amide bonds. The van der Waals surface area contributed by atoms with Crippen LogP contribution in [-0.2, 0) is 29.1 Å². The molecule has 0 bridgehead atoms. The van der Waals surface area contributed by atoms with E-state index in [9.17, 15) is 9.59 Å². The van der Waals surface area contributed by atoms with E-state index in [1.54, 1.807) is 0 Å². The average Bonchev–Trinajstić information content (AvgIpc) is 2.71. The number of carboxylic acids is 2. The number of unbranched alkanes of at least 4 members (excludes halogenated alkanes) is 16. The minimum Gasteiger partial charge on any atom is -0.481 e. The molecule has 0 unspecified atom stereocenters. The third kappa shape index (κ3) is 29.5.